The minimum absolute atomic E-state index is 0.0553. The van der Waals surface area contributed by atoms with Crippen molar-refractivity contribution in [2.45, 2.75) is 38.9 Å². The van der Waals surface area contributed by atoms with Crippen molar-refractivity contribution < 1.29 is 18.5 Å². The van der Waals surface area contributed by atoms with Crippen LogP contribution in [0.15, 0.2) is 12.1 Å². The van der Waals surface area contributed by atoms with Gasteiger partial charge in [0.1, 0.15) is 5.82 Å². The Kier molecular flexibility index (Phi) is 3.50. The molecule has 0 bridgehead atoms. The molecule has 102 valence electrons. The molecule has 19 heavy (non-hydrogen) atoms. The topological polar surface area (TPSA) is 35.5 Å². The van der Waals surface area contributed by atoms with Crippen LogP contribution >= 0.6 is 11.6 Å². The maximum absolute atomic E-state index is 13.7. The Bertz CT molecular complexity index is 492. The average Bonchev–Trinajstić information content (AvgIpc) is 2.47. The van der Waals surface area contributed by atoms with E-state index in [1.165, 1.54) is 12.1 Å². The third-order valence-electron chi connectivity index (χ3n) is 3.74. The molecule has 0 unspecified atom stereocenters. The highest BCUT2D eigenvalue weighted by molar-refractivity contribution is 6.62. The quantitative estimate of drug-likeness (QED) is 0.618. The van der Waals surface area contributed by atoms with Crippen molar-refractivity contribution in [3.05, 3.63) is 28.5 Å². The smallest absolute Gasteiger partial charge is 0.399 e. The molecule has 1 fully saturated rings. The molecule has 0 saturated carbocycles. The third-order valence-corrected chi connectivity index (χ3v) is 4.06. The van der Waals surface area contributed by atoms with Gasteiger partial charge >= 0.3 is 7.12 Å². The lowest BCUT2D eigenvalue weighted by atomic mass is 9.78. The fourth-order valence-electron chi connectivity index (χ4n) is 1.83. The van der Waals surface area contributed by atoms with Gasteiger partial charge in [-0.25, -0.2) is 4.39 Å². The SMILES string of the molecule is CC1(C)OB(c2cc(F)c(C=O)c(Cl)c2)OC1(C)C. The van der Waals surface area contributed by atoms with Crippen molar-refractivity contribution in [3.8, 4) is 0 Å². The molecule has 1 saturated heterocycles. The number of halogens is 2. The van der Waals surface area contributed by atoms with Crippen LogP contribution in [0.2, 0.25) is 5.02 Å². The van der Waals surface area contributed by atoms with E-state index in [0.29, 0.717) is 11.7 Å². The highest BCUT2D eigenvalue weighted by atomic mass is 35.5. The van der Waals surface area contributed by atoms with Crippen LogP contribution in [0.4, 0.5) is 4.39 Å². The number of rotatable bonds is 2. The molecule has 6 heteroatoms. The Morgan fingerprint density at radius 3 is 2.16 bits per heavy atom. The largest absolute Gasteiger partial charge is 0.494 e. The highest BCUT2D eigenvalue weighted by Gasteiger charge is 2.51. The number of benzene rings is 1. The van der Waals surface area contributed by atoms with Crippen LogP contribution in [-0.4, -0.2) is 24.6 Å². The Labute approximate surface area is 117 Å². The minimum Gasteiger partial charge on any atom is -0.399 e. The van der Waals surface area contributed by atoms with E-state index >= 15 is 0 Å². The molecular weight excluding hydrogens is 269 g/mol. The molecule has 3 nitrogen and oxygen atoms in total. The fourth-order valence-corrected chi connectivity index (χ4v) is 2.09. The molecule has 0 radical (unpaired) electrons. The van der Waals surface area contributed by atoms with Gasteiger partial charge in [-0.2, -0.15) is 0 Å². The summed E-state index contributed by atoms with van der Waals surface area (Å²) in [6.07, 6.45) is 0.395. The summed E-state index contributed by atoms with van der Waals surface area (Å²) in [5.41, 5.74) is -0.706. The number of aldehydes is 1. The minimum atomic E-state index is -0.697. The van der Waals surface area contributed by atoms with E-state index in [2.05, 4.69) is 0 Å². The molecule has 2 rings (SSSR count). The molecule has 1 heterocycles. The first-order valence-electron chi connectivity index (χ1n) is 5.98. The molecule has 0 aromatic heterocycles. The zero-order valence-corrected chi connectivity index (χ0v) is 12.0. The van der Waals surface area contributed by atoms with Gasteiger partial charge < -0.3 is 9.31 Å². The van der Waals surface area contributed by atoms with Crippen LogP contribution in [0.5, 0.6) is 0 Å². The summed E-state index contributed by atoms with van der Waals surface area (Å²) in [6, 6.07) is 2.72. The zero-order valence-electron chi connectivity index (χ0n) is 11.3. The highest BCUT2D eigenvalue weighted by Crippen LogP contribution is 2.36. The molecule has 1 aromatic rings. The van der Waals surface area contributed by atoms with Crippen molar-refractivity contribution in [3.63, 3.8) is 0 Å². The van der Waals surface area contributed by atoms with E-state index in [1.807, 2.05) is 27.7 Å². The molecule has 1 aromatic carbocycles. The van der Waals surface area contributed by atoms with Gasteiger partial charge in [0.05, 0.1) is 21.8 Å². The second-order valence-electron chi connectivity index (χ2n) is 5.60. The van der Waals surface area contributed by atoms with Crippen LogP contribution in [-0.2, 0) is 9.31 Å². The van der Waals surface area contributed by atoms with Crippen LogP contribution in [0.25, 0.3) is 0 Å². The van der Waals surface area contributed by atoms with E-state index in [0.717, 1.165) is 0 Å². The van der Waals surface area contributed by atoms with Crippen LogP contribution < -0.4 is 5.46 Å². The van der Waals surface area contributed by atoms with E-state index in [-0.39, 0.29) is 10.6 Å². The van der Waals surface area contributed by atoms with Crippen molar-refractivity contribution in [1.82, 2.24) is 0 Å². The molecule has 0 aliphatic carbocycles. The Morgan fingerprint density at radius 2 is 1.74 bits per heavy atom. The number of hydrogen-bond acceptors (Lipinski definition) is 3. The summed E-state index contributed by atoms with van der Waals surface area (Å²) in [5.74, 6) is -0.674. The fraction of sp³-hybridized carbons (Fsp3) is 0.462. The third kappa shape index (κ3) is 2.42. The first-order valence-corrected chi connectivity index (χ1v) is 6.35. The lowest BCUT2D eigenvalue weighted by molar-refractivity contribution is 0.00578. The lowest BCUT2D eigenvalue weighted by Crippen LogP contribution is -2.41. The first-order chi connectivity index (χ1) is 8.68. The van der Waals surface area contributed by atoms with Gasteiger partial charge in [0.15, 0.2) is 6.29 Å². The average molecular weight is 285 g/mol. The van der Waals surface area contributed by atoms with Gasteiger partial charge in [-0.15, -0.1) is 0 Å². The summed E-state index contributed by atoms with van der Waals surface area (Å²) >= 11 is 5.87. The van der Waals surface area contributed by atoms with Gasteiger partial charge in [-0.05, 0) is 45.3 Å². The van der Waals surface area contributed by atoms with Crippen molar-refractivity contribution in [1.29, 1.82) is 0 Å². The number of carbonyl (C=O) groups excluding carboxylic acids is 1. The number of carbonyl (C=O) groups is 1. The van der Waals surface area contributed by atoms with E-state index < -0.39 is 24.1 Å². The Balaban J connectivity index is 2.38. The predicted molar refractivity (Wildman–Crippen MR) is 72.5 cm³/mol. The lowest BCUT2D eigenvalue weighted by Gasteiger charge is -2.32. The molecule has 0 atom stereocenters. The summed E-state index contributed by atoms with van der Waals surface area (Å²) in [7, 11) is -0.697. The standard InChI is InChI=1S/C13H15BClFO3/c1-12(2)13(3,4)19-14(18-12)8-5-10(15)9(7-17)11(16)6-8/h5-7H,1-4H3. The van der Waals surface area contributed by atoms with Crippen LogP contribution in [0.1, 0.15) is 38.1 Å². The zero-order chi connectivity index (χ0) is 14.4. The second kappa shape index (κ2) is 4.58. The monoisotopic (exact) mass is 284 g/mol. The summed E-state index contributed by atoms with van der Waals surface area (Å²) < 4.78 is 25.3. The summed E-state index contributed by atoms with van der Waals surface area (Å²) in [4.78, 5) is 10.7. The predicted octanol–water partition coefficient (Wildman–Crippen LogP) is 2.59. The van der Waals surface area contributed by atoms with Gasteiger partial charge in [-0.3, -0.25) is 4.79 Å². The van der Waals surface area contributed by atoms with Crippen molar-refractivity contribution in [2.75, 3.05) is 0 Å². The maximum Gasteiger partial charge on any atom is 0.494 e. The molecule has 1 aliphatic rings. The molecule has 0 amide bonds. The molecule has 0 spiro atoms. The van der Waals surface area contributed by atoms with Gasteiger partial charge in [0.2, 0.25) is 0 Å². The van der Waals surface area contributed by atoms with Gasteiger partial charge in [-0.1, -0.05) is 11.6 Å². The van der Waals surface area contributed by atoms with Crippen molar-refractivity contribution >= 4 is 30.5 Å². The van der Waals surface area contributed by atoms with E-state index in [9.17, 15) is 9.18 Å². The van der Waals surface area contributed by atoms with E-state index in [4.69, 9.17) is 20.9 Å². The van der Waals surface area contributed by atoms with Gasteiger partial charge in [0.25, 0.3) is 0 Å². The van der Waals surface area contributed by atoms with E-state index in [1.54, 1.807) is 0 Å². The normalized spacial score (nSPS) is 20.6. The summed E-state index contributed by atoms with van der Waals surface area (Å²) in [5, 5.41) is 0.0553. The second-order valence-corrected chi connectivity index (χ2v) is 6.01. The van der Waals surface area contributed by atoms with Crippen LogP contribution in [0.3, 0.4) is 0 Å². The maximum atomic E-state index is 13.7. The molecule has 0 N–H and O–H groups in total. The molecule has 1 aliphatic heterocycles. The summed E-state index contributed by atoms with van der Waals surface area (Å²) in [6.45, 7) is 7.63. The van der Waals surface area contributed by atoms with Crippen molar-refractivity contribution in [2.24, 2.45) is 0 Å². The number of hydrogen-bond donors (Lipinski definition) is 0. The Morgan fingerprint density at radius 1 is 1.21 bits per heavy atom. The Hall–Kier alpha value is -0.905. The van der Waals surface area contributed by atoms with Gasteiger partial charge in [0, 0.05) is 0 Å². The first kappa shape index (κ1) is 14.5. The molecular formula is C13H15BClFO3. The van der Waals surface area contributed by atoms with Crippen LogP contribution in [0, 0.1) is 5.82 Å².